The SMILES string of the molecule is C[n+]1nc(-c2cccc(C(N)=O)c2)sc1NC1CCCCC1. The molecule has 0 radical (unpaired) electrons. The zero-order valence-corrected chi connectivity index (χ0v) is 13.5. The first kappa shape index (κ1) is 15.0. The van der Waals surface area contributed by atoms with E-state index in [0.717, 1.165) is 15.7 Å². The first-order valence-electron chi connectivity index (χ1n) is 7.67. The van der Waals surface area contributed by atoms with Crippen molar-refractivity contribution in [2.75, 3.05) is 5.32 Å². The number of carbonyl (C=O) groups excluding carboxylic acids is 1. The van der Waals surface area contributed by atoms with Crippen molar-refractivity contribution < 1.29 is 9.48 Å². The number of carbonyl (C=O) groups is 1. The van der Waals surface area contributed by atoms with Gasteiger partial charge in [0, 0.05) is 11.1 Å². The molecule has 22 heavy (non-hydrogen) atoms. The van der Waals surface area contributed by atoms with Crippen LogP contribution in [0, 0.1) is 0 Å². The minimum Gasteiger partial charge on any atom is -0.366 e. The van der Waals surface area contributed by atoms with Gasteiger partial charge in [-0.1, -0.05) is 23.7 Å². The van der Waals surface area contributed by atoms with Crippen molar-refractivity contribution in [2.45, 2.75) is 38.1 Å². The third-order valence-corrected chi connectivity index (χ3v) is 5.14. The molecule has 1 amide bonds. The molecular weight excluding hydrogens is 296 g/mol. The van der Waals surface area contributed by atoms with Crippen LogP contribution in [0.3, 0.4) is 0 Å². The highest BCUT2D eigenvalue weighted by Crippen LogP contribution is 2.28. The molecule has 1 aliphatic carbocycles. The van der Waals surface area contributed by atoms with E-state index in [9.17, 15) is 4.79 Å². The molecule has 2 aromatic rings. The van der Waals surface area contributed by atoms with E-state index >= 15 is 0 Å². The Morgan fingerprint density at radius 1 is 1.36 bits per heavy atom. The molecule has 116 valence electrons. The molecular formula is C16H21N4OS+. The average Bonchev–Trinajstić information content (AvgIpc) is 2.89. The number of hydrogen-bond acceptors (Lipinski definition) is 4. The van der Waals surface area contributed by atoms with Gasteiger partial charge in [0.1, 0.15) is 7.05 Å². The van der Waals surface area contributed by atoms with Gasteiger partial charge in [-0.15, -0.1) is 4.68 Å². The molecule has 1 aromatic carbocycles. The smallest absolute Gasteiger partial charge is 0.356 e. The molecule has 0 aliphatic heterocycles. The Labute approximate surface area is 134 Å². The lowest BCUT2D eigenvalue weighted by atomic mass is 9.96. The molecule has 1 aliphatic rings. The van der Waals surface area contributed by atoms with Crippen LogP contribution >= 0.6 is 11.3 Å². The topological polar surface area (TPSA) is 71.9 Å². The molecule has 0 atom stereocenters. The van der Waals surface area contributed by atoms with Gasteiger partial charge < -0.3 is 5.73 Å². The Morgan fingerprint density at radius 3 is 2.86 bits per heavy atom. The second kappa shape index (κ2) is 6.44. The summed E-state index contributed by atoms with van der Waals surface area (Å²) in [4.78, 5) is 11.3. The average molecular weight is 317 g/mol. The maximum absolute atomic E-state index is 11.3. The van der Waals surface area contributed by atoms with Gasteiger partial charge in [-0.2, -0.15) is 0 Å². The van der Waals surface area contributed by atoms with Gasteiger partial charge in [0.15, 0.2) is 5.01 Å². The van der Waals surface area contributed by atoms with Crippen LogP contribution in [0.4, 0.5) is 5.13 Å². The van der Waals surface area contributed by atoms with Crippen molar-refractivity contribution in [2.24, 2.45) is 12.8 Å². The number of amides is 1. The fourth-order valence-electron chi connectivity index (χ4n) is 2.83. The van der Waals surface area contributed by atoms with Gasteiger partial charge in [0.05, 0.1) is 6.04 Å². The van der Waals surface area contributed by atoms with E-state index in [0.29, 0.717) is 11.6 Å². The summed E-state index contributed by atoms with van der Waals surface area (Å²) in [5.74, 6) is -0.414. The number of aryl methyl sites for hydroxylation is 1. The highest BCUT2D eigenvalue weighted by molar-refractivity contribution is 7.18. The van der Waals surface area contributed by atoms with Crippen molar-refractivity contribution in [3.05, 3.63) is 29.8 Å². The first-order chi connectivity index (χ1) is 10.6. The number of aromatic nitrogens is 2. The summed E-state index contributed by atoms with van der Waals surface area (Å²) in [6, 6.07) is 7.86. The van der Waals surface area contributed by atoms with E-state index in [4.69, 9.17) is 5.73 Å². The molecule has 6 heteroatoms. The Hall–Kier alpha value is -1.95. The Morgan fingerprint density at radius 2 is 2.14 bits per heavy atom. The monoisotopic (exact) mass is 317 g/mol. The van der Waals surface area contributed by atoms with E-state index < -0.39 is 5.91 Å². The van der Waals surface area contributed by atoms with Crippen LogP contribution in [-0.4, -0.2) is 17.0 Å². The van der Waals surface area contributed by atoms with E-state index in [2.05, 4.69) is 10.4 Å². The Bertz CT molecular complexity index is 677. The highest BCUT2D eigenvalue weighted by Gasteiger charge is 2.22. The Kier molecular flexibility index (Phi) is 4.38. The molecule has 0 spiro atoms. The second-order valence-electron chi connectivity index (χ2n) is 5.76. The van der Waals surface area contributed by atoms with E-state index in [1.54, 1.807) is 23.5 Å². The molecule has 1 fully saturated rings. The minimum absolute atomic E-state index is 0.414. The van der Waals surface area contributed by atoms with Crippen molar-refractivity contribution >= 4 is 22.4 Å². The number of nitrogens with zero attached hydrogens (tertiary/aromatic N) is 2. The summed E-state index contributed by atoms with van der Waals surface area (Å²) in [6.07, 6.45) is 6.40. The predicted octanol–water partition coefficient (Wildman–Crippen LogP) is 2.48. The van der Waals surface area contributed by atoms with Gasteiger partial charge in [-0.3, -0.25) is 10.1 Å². The zero-order valence-electron chi connectivity index (χ0n) is 12.7. The number of hydrogen-bond donors (Lipinski definition) is 2. The highest BCUT2D eigenvalue weighted by atomic mass is 32.1. The number of nitrogens with one attached hydrogen (secondary N) is 1. The fourth-order valence-corrected chi connectivity index (χ4v) is 3.82. The summed E-state index contributed by atoms with van der Waals surface area (Å²) in [7, 11) is 1.95. The number of benzene rings is 1. The summed E-state index contributed by atoms with van der Waals surface area (Å²) in [5, 5.41) is 10.1. The number of nitrogens with two attached hydrogens (primary N) is 1. The normalized spacial score (nSPS) is 15.7. The van der Waals surface area contributed by atoms with Crippen molar-refractivity contribution in [1.82, 2.24) is 5.10 Å². The van der Waals surface area contributed by atoms with Crippen LogP contribution in [0.15, 0.2) is 24.3 Å². The van der Waals surface area contributed by atoms with Gasteiger partial charge in [0.25, 0.3) is 0 Å². The molecule has 0 bridgehead atoms. The molecule has 3 rings (SSSR count). The van der Waals surface area contributed by atoms with Crippen LogP contribution in [0.1, 0.15) is 42.5 Å². The second-order valence-corrected chi connectivity index (χ2v) is 6.74. The summed E-state index contributed by atoms with van der Waals surface area (Å²) < 4.78 is 1.88. The fraction of sp³-hybridized carbons (Fsp3) is 0.438. The molecule has 1 saturated carbocycles. The largest absolute Gasteiger partial charge is 0.366 e. The lowest BCUT2D eigenvalue weighted by molar-refractivity contribution is -0.711. The molecule has 0 unspecified atom stereocenters. The maximum Gasteiger partial charge on any atom is 0.356 e. The van der Waals surface area contributed by atoms with Gasteiger partial charge in [-0.05, 0) is 49.2 Å². The van der Waals surface area contributed by atoms with E-state index in [-0.39, 0.29) is 0 Å². The number of anilines is 1. The first-order valence-corrected chi connectivity index (χ1v) is 8.49. The standard InChI is InChI=1S/C16H20N4OS/c1-20-16(18-13-8-3-2-4-9-13)22-15(19-20)12-7-5-6-11(10-12)14(17)21/h5-7,10,13H,2-4,8-9H2,1H3,(H2,17,21)/p+1. The molecule has 3 N–H and O–H groups in total. The van der Waals surface area contributed by atoms with Gasteiger partial charge in [-0.25, -0.2) is 0 Å². The van der Waals surface area contributed by atoms with Crippen LogP contribution in [-0.2, 0) is 7.05 Å². The third-order valence-electron chi connectivity index (χ3n) is 4.05. The van der Waals surface area contributed by atoms with Crippen molar-refractivity contribution in [1.29, 1.82) is 0 Å². The van der Waals surface area contributed by atoms with Crippen molar-refractivity contribution in [3.63, 3.8) is 0 Å². The lowest BCUT2D eigenvalue weighted by Crippen LogP contribution is -2.36. The quantitative estimate of drug-likeness (QED) is 0.851. The van der Waals surface area contributed by atoms with Crippen LogP contribution in [0.25, 0.3) is 10.6 Å². The predicted molar refractivity (Wildman–Crippen MR) is 87.7 cm³/mol. The molecule has 1 heterocycles. The number of primary amides is 1. The lowest BCUT2D eigenvalue weighted by Gasteiger charge is -2.17. The summed E-state index contributed by atoms with van der Waals surface area (Å²) in [5.41, 5.74) is 6.78. The number of rotatable bonds is 4. The molecule has 1 aromatic heterocycles. The van der Waals surface area contributed by atoms with Gasteiger partial charge in [0.2, 0.25) is 5.91 Å². The molecule has 5 nitrogen and oxygen atoms in total. The summed E-state index contributed by atoms with van der Waals surface area (Å²) >= 11 is 1.62. The van der Waals surface area contributed by atoms with Crippen LogP contribution < -0.4 is 15.7 Å². The van der Waals surface area contributed by atoms with Crippen molar-refractivity contribution in [3.8, 4) is 10.6 Å². The third kappa shape index (κ3) is 3.27. The Balaban J connectivity index is 1.82. The van der Waals surface area contributed by atoms with E-state index in [1.807, 2.05) is 23.9 Å². The van der Waals surface area contributed by atoms with E-state index in [1.165, 1.54) is 32.1 Å². The van der Waals surface area contributed by atoms with Crippen LogP contribution in [0.5, 0.6) is 0 Å². The molecule has 0 saturated heterocycles. The van der Waals surface area contributed by atoms with Crippen LogP contribution in [0.2, 0.25) is 0 Å². The van der Waals surface area contributed by atoms with Gasteiger partial charge >= 0.3 is 5.13 Å². The minimum atomic E-state index is -0.414. The maximum atomic E-state index is 11.3. The zero-order chi connectivity index (χ0) is 15.5. The summed E-state index contributed by atoms with van der Waals surface area (Å²) in [6.45, 7) is 0.